The smallest absolute Gasteiger partial charge is 0.0593 e. The van der Waals surface area contributed by atoms with Crippen LogP contribution in [0.15, 0.2) is 0 Å². The molecule has 0 aromatic carbocycles. The molecule has 16 heavy (non-hydrogen) atoms. The first-order valence-electron chi connectivity index (χ1n) is 6.57. The Hall–Kier alpha value is -0.0800. The van der Waals surface area contributed by atoms with Crippen molar-refractivity contribution in [3.8, 4) is 0 Å². The molecule has 98 valence electrons. The lowest BCUT2D eigenvalue weighted by Crippen LogP contribution is -2.32. The van der Waals surface area contributed by atoms with Crippen LogP contribution in [0.1, 0.15) is 47.5 Å². The molecule has 0 aliphatic carbocycles. The van der Waals surface area contributed by atoms with Crippen molar-refractivity contribution < 1.29 is 4.74 Å². The third-order valence-corrected chi connectivity index (χ3v) is 2.43. The van der Waals surface area contributed by atoms with Gasteiger partial charge in [-0.25, -0.2) is 0 Å². The van der Waals surface area contributed by atoms with Gasteiger partial charge in [-0.2, -0.15) is 0 Å². The summed E-state index contributed by atoms with van der Waals surface area (Å²) < 4.78 is 5.63. The first-order valence-corrected chi connectivity index (χ1v) is 6.57. The highest BCUT2D eigenvalue weighted by Gasteiger charge is 2.12. The number of likely N-dealkylation sites (N-methyl/N-ethyl adjacent to an activating group) is 1. The minimum absolute atomic E-state index is 0.381. The molecule has 0 saturated carbocycles. The number of nitrogens with zero attached hydrogens (tertiary/aromatic N) is 1. The van der Waals surface area contributed by atoms with Gasteiger partial charge in [0.1, 0.15) is 0 Å². The van der Waals surface area contributed by atoms with E-state index in [-0.39, 0.29) is 0 Å². The van der Waals surface area contributed by atoms with Gasteiger partial charge in [-0.15, -0.1) is 0 Å². The highest BCUT2D eigenvalue weighted by molar-refractivity contribution is 4.66. The summed E-state index contributed by atoms with van der Waals surface area (Å²) in [5, 5.41) is 0. The molecule has 0 amide bonds. The van der Waals surface area contributed by atoms with Crippen LogP contribution in [0.5, 0.6) is 0 Å². The van der Waals surface area contributed by atoms with Crippen molar-refractivity contribution in [1.82, 2.24) is 4.90 Å². The summed E-state index contributed by atoms with van der Waals surface area (Å²) in [7, 11) is 2.17. The standard InChI is InChI=1S/C14H31NO/c1-13(2)8-7-10-16-11-9-15(6)12-14(3,4)5/h13H,7-12H2,1-6H3. The molecule has 0 aromatic rings. The van der Waals surface area contributed by atoms with Crippen LogP contribution in [0, 0.1) is 11.3 Å². The Balaban J connectivity index is 3.31. The first kappa shape index (κ1) is 15.9. The highest BCUT2D eigenvalue weighted by atomic mass is 16.5. The Morgan fingerprint density at radius 3 is 2.25 bits per heavy atom. The average Bonchev–Trinajstić information content (AvgIpc) is 2.07. The Bertz CT molecular complexity index is 161. The summed E-state index contributed by atoms with van der Waals surface area (Å²) >= 11 is 0. The lowest BCUT2D eigenvalue weighted by Gasteiger charge is -2.26. The van der Waals surface area contributed by atoms with Crippen molar-refractivity contribution >= 4 is 0 Å². The van der Waals surface area contributed by atoms with E-state index in [0.717, 1.165) is 32.2 Å². The number of hydrogen-bond donors (Lipinski definition) is 0. The summed E-state index contributed by atoms with van der Waals surface area (Å²) in [6.45, 7) is 15.3. The molecule has 2 nitrogen and oxygen atoms in total. The largest absolute Gasteiger partial charge is 0.380 e. The minimum Gasteiger partial charge on any atom is -0.380 e. The second-order valence-electron chi connectivity index (χ2n) is 6.45. The van der Waals surface area contributed by atoms with Crippen LogP contribution >= 0.6 is 0 Å². The predicted molar refractivity (Wildman–Crippen MR) is 71.8 cm³/mol. The van der Waals surface area contributed by atoms with Crippen LogP contribution in [0.25, 0.3) is 0 Å². The summed E-state index contributed by atoms with van der Waals surface area (Å²) in [5.74, 6) is 0.798. The van der Waals surface area contributed by atoms with Crippen molar-refractivity contribution in [2.75, 3.05) is 33.4 Å². The van der Waals surface area contributed by atoms with Crippen LogP contribution in [-0.2, 0) is 4.74 Å². The van der Waals surface area contributed by atoms with Crippen molar-refractivity contribution in [2.45, 2.75) is 47.5 Å². The van der Waals surface area contributed by atoms with Crippen LogP contribution < -0.4 is 0 Å². The van der Waals surface area contributed by atoms with Gasteiger partial charge in [0.05, 0.1) is 6.61 Å². The van der Waals surface area contributed by atoms with E-state index >= 15 is 0 Å². The minimum atomic E-state index is 0.381. The zero-order valence-corrected chi connectivity index (χ0v) is 12.2. The van der Waals surface area contributed by atoms with Gasteiger partial charge < -0.3 is 9.64 Å². The van der Waals surface area contributed by atoms with E-state index in [1.54, 1.807) is 0 Å². The maximum Gasteiger partial charge on any atom is 0.0593 e. The Morgan fingerprint density at radius 2 is 1.75 bits per heavy atom. The number of ether oxygens (including phenoxy) is 1. The van der Waals surface area contributed by atoms with Gasteiger partial charge >= 0.3 is 0 Å². The monoisotopic (exact) mass is 229 g/mol. The van der Waals surface area contributed by atoms with Crippen LogP contribution in [-0.4, -0.2) is 38.3 Å². The second kappa shape index (κ2) is 8.08. The molecule has 0 N–H and O–H groups in total. The Labute approximate surface area is 102 Å². The molecule has 0 radical (unpaired) electrons. The predicted octanol–water partition coefficient (Wildman–Crippen LogP) is 3.42. The molecule has 0 aliphatic heterocycles. The van der Waals surface area contributed by atoms with Gasteiger partial charge in [-0.1, -0.05) is 34.6 Å². The van der Waals surface area contributed by atoms with Gasteiger partial charge in [0, 0.05) is 19.7 Å². The van der Waals surface area contributed by atoms with Gasteiger partial charge in [-0.3, -0.25) is 0 Å². The number of hydrogen-bond acceptors (Lipinski definition) is 2. The third kappa shape index (κ3) is 12.0. The Morgan fingerprint density at radius 1 is 1.12 bits per heavy atom. The van der Waals surface area contributed by atoms with Gasteiger partial charge in [0.25, 0.3) is 0 Å². The van der Waals surface area contributed by atoms with E-state index in [9.17, 15) is 0 Å². The molecule has 0 unspecified atom stereocenters. The molecule has 0 spiro atoms. The molecule has 0 fully saturated rings. The fourth-order valence-corrected chi connectivity index (χ4v) is 1.80. The molecule has 0 bridgehead atoms. The van der Waals surface area contributed by atoms with Crippen LogP contribution in [0.2, 0.25) is 0 Å². The molecule has 0 heterocycles. The van der Waals surface area contributed by atoms with E-state index < -0.39 is 0 Å². The summed E-state index contributed by atoms with van der Waals surface area (Å²) in [5.41, 5.74) is 0.381. The maximum atomic E-state index is 5.63. The third-order valence-electron chi connectivity index (χ3n) is 2.43. The normalized spacial score (nSPS) is 12.8. The van der Waals surface area contributed by atoms with E-state index in [2.05, 4.69) is 46.6 Å². The molecular weight excluding hydrogens is 198 g/mol. The lowest BCUT2D eigenvalue weighted by atomic mass is 9.96. The van der Waals surface area contributed by atoms with E-state index in [4.69, 9.17) is 4.74 Å². The zero-order chi connectivity index (χ0) is 12.6. The first-order chi connectivity index (χ1) is 7.31. The van der Waals surface area contributed by atoms with Gasteiger partial charge in [0.15, 0.2) is 0 Å². The van der Waals surface area contributed by atoms with Crippen molar-refractivity contribution in [1.29, 1.82) is 0 Å². The molecular formula is C14H31NO. The average molecular weight is 229 g/mol. The molecule has 0 rings (SSSR count). The van der Waals surface area contributed by atoms with Crippen LogP contribution in [0.3, 0.4) is 0 Å². The van der Waals surface area contributed by atoms with Crippen LogP contribution in [0.4, 0.5) is 0 Å². The van der Waals surface area contributed by atoms with Crippen molar-refractivity contribution in [3.05, 3.63) is 0 Å². The molecule has 0 saturated heterocycles. The van der Waals surface area contributed by atoms with Crippen molar-refractivity contribution in [2.24, 2.45) is 11.3 Å². The fraction of sp³-hybridized carbons (Fsp3) is 1.00. The summed E-state index contributed by atoms with van der Waals surface area (Å²) in [6, 6.07) is 0. The molecule has 0 aromatic heterocycles. The Kier molecular flexibility index (Phi) is 8.04. The second-order valence-corrected chi connectivity index (χ2v) is 6.45. The van der Waals surface area contributed by atoms with E-state index in [1.165, 1.54) is 12.8 Å². The fourth-order valence-electron chi connectivity index (χ4n) is 1.80. The molecule has 2 heteroatoms. The SMILES string of the molecule is CC(C)CCCOCCN(C)CC(C)(C)C. The van der Waals surface area contributed by atoms with E-state index in [1.807, 2.05) is 0 Å². The number of rotatable bonds is 8. The van der Waals surface area contributed by atoms with Gasteiger partial charge in [-0.05, 0) is 31.2 Å². The topological polar surface area (TPSA) is 12.5 Å². The zero-order valence-electron chi connectivity index (χ0n) is 12.2. The molecule has 0 aliphatic rings. The van der Waals surface area contributed by atoms with Crippen molar-refractivity contribution in [3.63, 3.8) is 0 Å². The quantitative estimate of drug-likeness (QED) is 0.591. The van der Waals surface area contributed by atoms with Gasteiger partial charge in [0.2, 0.25) is 0 Å². The summed E-state index contributed by atoms with van der Waals surface area (Å²) in [6.07, 6.45) is 2.47. The highest BCUT2D eigenvalue weighted by Crippen LogP contribution is 2.13. The lowest BCUT2D eigenvalue weighted by molar-refractivity contribution is 0.0968. The van der Waals surface area contributed by atoms with E-state index in [0.29, 0.717) is 5.41 Å². The summed E-state index contributed by atoms with van der Waals surface area (Å²) in [4.78, 5) is 2.35. The molecule has 0 atom stereocenters. The maximum absolute atomic E-state index is 5.63.